The Morgan fingerprint density at radius 2 is 2.58 bits per heavy atom. The summed E-state index contributed by atoms with van der Waals surface area (Å²) in [6.45, 7) is 3.07. The van der Waals surface area contributed by atoms with Gasteiger partial charge in [-0.1, -0.05) is 0 Å². The first kappa shape index (κ1) is 7.70. The Morgan fingerprint density at radius 3 is 3.25 bits per heavy atom. The van der Waals surface area contributed by atoms with Gasteiger partial charge in [0, 0.05) is 19.6 Å². The van der Waals surface area contributed by atoms with Crippen molar-refractivity contribution >= 4 is 0 Å². The number of likely N-dealkylation sites (N-methyl/N-ethyl adjacent to an activating group) is 1. The molecule has 5 heteroatoms. The Balaban J connectivity index is 2.11. The van der Waals surface area contributed by atoms with E-state index in [4.69, 9.17) is 0 Å². The van der Waals surface area contributed by atoms with Crippen LogP contribution in [0.15, 0.2) is 6.33 Å². The Labute approximate surface area is 71.2 Å². The van der Waals surface area contributed by atoms with Crippen LogP contribution in [0.25, 0.3) is 0 Å². The molecular formula is C7H13N5. The largest absolute Gasteiger partial charge is 0.313 e. The number of rotatable bonds is 1. The lowest BCUT2D eigenvalue weighted by molar-refractivity contribution is 0.194. The summed E-state index contributed by atoms with van der Waals surface area (Å²) in [4.78, 5) is 6.42. The van der Waals surface area contributed by atoms with Crippen LogP contribution in [0, 0.1) is 0 Å². The summed E-state index contributed by atoms with van der Waals surface area (Å²) >= 11 is 0. The van der Waals surface area contributed by atoms with Gasteiger partial charge in [-0.25, -0.2) is 4.98 Å². The summed E-state index contributed by atoms with van der Waals surface area (Å²) in [5, 5.41) is 10.1. The van der Waals surface area contributed by atoms with Crippen molar-refractivity contribution in [3.63, 3.8) is 0 Å². The Morgan fingerprint density at radius 1 is 1.67 bits per heavy atom. The van der Waals surface area contributed by atoms with Crippen LogP contribution in [-0.4, -0.2) is 46.8 Å². The highest BCUT2D eigenvalue weighted by Gasteiger charge is 2.22. The minimum atomic E-state index is 0.348. The van der Waals surface area contributed by atoms with Crippen molar-refractivity contribution in [1.29, 1.82) is 0 Å². The number of nitrogens with one attached hydrogen (secondary N) is 2. The van der Waals surface area contributed by atoms with E-state index in [0.717, 1.165) is 25.5 Å². The van der Waals surface area contributed by atoms with E-state index in [-0.39, 0.29) is 0 Å². The SMILES string of the molecule is CN1CCNCC1c1ncn[nH]1. The topological polar surface area (TPSA) is 56.8 Å². The van der Waals surface area contributed by atoms with Crippen LogP contribution in [-0.2, 0) is 0 Å². The number of hydrogen-bond acceptors (Lipinski definition) is 4. The zero-order valence-electron chi connectivity index (χ0n) is 7.12. The van der Waals surface area contributed by atoms with Crippen molar-refractivity contribution in [2.45, 2.75) is 6.04 Å². The van der Waals surface area contributed by atoms with Crippen molar-refractivity contribution in [2.24, 2.45) is 0 Å². The maximum absolute atomic E-state index is 4.14. The van der Waals surface area contributed by atoms with E-state index in [1.165, 1.54) is 0 Å². The van der Waals surface area contributed by atoms with E-state index in [2.05, 4.69) is 32.4 Å². The van der Waals surface area contributed by atoms with Crippen LogP contribution < -0.4 is 5.32 Å². The third-order valence-corrected chi connectivity index (χ3v) is 2.26. The van der Waals surface area contributed by atoms with Crippen LogP contribution in [0.1, 0.15) is 11.9 Å². The van der Waals surface area contributed by atoms with Crippen molar-refractivity contribution in [3.8, 4) is 0 Å². The molecule has 2 heterocycles. The zero-order chi connectivity index (χ0) is 8.39. The summed E-state index contributed by atoms with van der Waals surface area (Å²) in [5.74, 6) is 0.949. The molecule has 1 unspecified atom stereocenters. The highest BCUT2D eigenvalue weighted by Crippen LogP contribution is 2.14. The maximum atomic E-state index is 4.14. The molecule has 0 radical (unpaired) electrons. The van der Waals surface area contributed by atoms with Gasteiger partial charge in [0.15, 0.2) is 0 Å². The molecule has 2 rings (SSSR count). The van der Waals surface area contributed by atoms with Gasteiger partial charge in [-0.05, 0) is 7.05 Å². The molecule has 0 spiro atoms. The van der Waals surface area contributed by atoms with Crippen LogP contribution >= 0.6 is 0 Å². The molecule has 66 valence electrons. The summed E-state index contributed by atoms with van der Waals surface area (Å²) in [7, 11) is 2.11. The molecule has 12 heavy (non-hydrogen) atoms. The summed E-state index contributed by atoms with van der Waals surface area (Å²) in [6.07, 6.45) is 1.55. The normalized spacial score (nSPS) is 25.9. The Bertz CT molecular complexity index is 232. The minimum Gasteiger partial charge on any atom is -0.313 e. The molecule has 1 saturated heterocycles. The van der Waals surface area contributed by atoms with Gasteiger partial charge in [0.05, 0.1) is 6.04 Å². The number of piperazine rings is 1. The molecule has 0 amide bonds. The minimum absolute atomic E-state index is 0.348. The lowest BCUT2D eigenvalue weighted by atomic mass is 10.2. The number of H-pyrrole nitrogens is 1. The van der Waals surface area contributed by atoms with E-state index in [1.54, 1.807) is 6.33 Å². The third-order valence-electron chi connectivity index (χ3n) is 2.26. The van der Waals surface area contributed by atoms with E-state index < -0.39 is 0 Å². The van der Waals surface area contributed by atoms with Gasteiger partial charge >= 0.3 is 0 Å². The predicted octanol–water partition coefficient (Wildman–Crippen LogP) is -0.619. The fraction of sp³-hybridized carbons (Fsp3) is 0.714. The maximum Gasteiger partial charge on any atom is 0.142 e. The fourth-order valence-corrected chi connectivity index (χ4v) is 1.49. The van der Waals surface area contributed by atoms with Crippen LogP contribution in [0.3, 0.4) is 0 Å². The lowest BCUT2D eigenvalue weighted by Gasteiger charge is -2.31. The van der Waals surface area contributed by atoms with Crippen LogP contribution in [0.4, 0.5) is 0 Å². The summed E-state index contributed by atoms with van der Waals surface area (Å²) < 4.78 is 0. The predicted molar refractivity (Wildman–Crippen MR) is 44.6 cm³/mol. The van der Waals surface area contributed by atoms with Crippen LogP contribution in [0.2, 0.25) is 0 Å². The second-order valence-electron chi connectivity index (χ2n) is 3.07. The average molecular weight is 167 g/mol. The van der Waals surface area contributed by atoms with Crippen molar-refractivity contribution in [1.82, 2.24) is 25.4 Å². The van der Waals surface area contributed by atoms with Crippen LogP contribution in [0.5, 0.6) is 0 Å². The second kappa shape index (κ2) is 3.20. The molecule has 1 aromatic rings. The Hall–Kier alpha value is -0.940. The zero-order valence-corrected chi connectivity index (χ0v) is 7.12. The number of nitrogens with zero attached hydrogens (tertiary/aromatic N) is 3. The van der Waals surface area contributed by atoms with Crippen molar-refractivity contribution in [2.75, 3.05) is 26.7 Å². The van der Waals surface area contributed by atoms with Gasteiger partial charge in [0.25, 0.3) is 0 Å². The van der Waals surface area contributed by atoms with E-state index >= 15 is 0 Å². The molecule has 5 nitrogen and oxygen atoms in total. The molecule has 1 fully saturated rings. The molecule has 1 aromatic heterocycles. The van der Waals surface area contributed by atoms with Gasteiger partial charge in [-0.2, -0.15) is 5.10 Å². The Kier molecular flexibility index (Phi) is 2.05. The van der Waals surface area contributed by atoms with Crippen molar-refractivity contribution < 1.29 is 0 Å². The summed E-state index contributed by atoms with van der Waals surface area (Å²) in [5.41, 5.74) is 0. The molecular weight excluding hydrogens is 154 g/mol. The summed E-state index contributed by atoms with van der Waals surface area (Å²) in [6, 6.07) is 0.348. The van der Waals surface area contributed by atoms with Crippen molar-refractivity contribution in [3.05, 3.63) is 12.2 Å². The third kappa shape index (κ3) is 1.33. The first-order valence-corrected chi connectivity index (χ1v) is 4.14. The van der Waals surface area contributed by atoms with Gasteiger partial charge < -0.3 is 5.32 Å². The molecule has 0 aliphatic carbocycles. The highest BCUT2D eigenvalue weighted by atomic mass is 15.3. The average Bonchev–Trinajstić information content (AvgIpc) is 2.57. The van der Waals surface area contributed by atoms with E-state index in [0.29, 0.717) is 6.04 Å². The fourth-order valence-electron chi connectivity index (χ4n) is 1.49. The molecule has 0 bridgehead atoms. The highest BCUT2D eigenvalue weighted by molar-refractivity contribution is 4.95. The smallest absolute Gasteiger partial charge is 0.142 e. The first-order valence-electron chi connectivity index (χ1n) is 4.14. The lowest BCUT2D eigenvalue weighted by Crippen LogP contribution is -2.44. The van der Waals surface area contributed by atoms with Gasteiger partial charge in [0.2, 0.25) is 0 Å². The number of aromatic nitrogens is 3. The van der Waals surface area contributed by atoms with Gasteiger partial charge in [-0.3, -0.25) is 10.00 Å². The number of aromatic amines is 1. The quantitative estimate of drug-likeness (QED) is 0.585. The molecule has 0 aromatic carbocycles. The van der Waals surface area contributed by atoms with E-state index in [9.17, 15) is 0 Å². The van der Waals surface area contributed by atoms with E-state index in [1.807, 2.05) is 0 Å². The molecule has 1 aliphatic rings. The molecule has 1 atom stereocenters. The molecule has 1 aliphatic heterocycles. The van der Waals surface area contributed by atoms with Gasteiger partial charge in [-0.15, -0.1) is 0 Å². The number of hydrogen-bond donors (Lipinski definition) is 2. The second-order valence-corrected chi connectivity index (χ2v) is 3.07. The standard InChI is InChI=1S/C7H13N5/c1-12-3-2-8-4-6(12)7-9-5-10-11-7/h5-6,8H,2-4H2,1H3,(H,9,10,11). The molecule has 2 N–H and O–H groups in total. The first-order chi connectivity index (χ1) is 5.88. The molecule has 0 saturated carbocycles. The van der Waals surface area contributed by atoms with Gasteiger partial charge in [0.1, 0.15) is 12.2 Å². The monoisotopic (exact) mass is 167 g/mol.